The van der Waals surface area contributed by atoms with E-state index in [0.717, 1.165) is 38.1 Å². The summed E-state index contributed by atoms with van der Waals surface area (Å²) in [7, 11) is 0. The fourth-order valence-corrected chi connectivity index (χ4v) is 4.14. The van der Waals surface area contributed by atoms with Gasteiger partial charge in [0.2, 0.25) is 5.91 Å². The van der Waals surface area contributed by atoms with Crippen molar-refractivity contribution in [2.75, 3.05) is 26.2 Å². The molecule has 28 heavy (non-hydrogen) atoms. The van der Waals surface area contributed by atoms with Crippen LogP contribution in [0.1, 0.15) is 48.8 Å². The molecule has 7 nitrogen and oxygen atoms in total. The number of carbonyl (C=O) groups is 2. The molecule has 1 fully saturated rings. The molecule has 1 saturated heterocycles. The van der Waals surface area contributed by atoms with Crippen LogP contribution >= 0.6 is 0 Å². The molecule has 0 aliphatic carbocycles. The SMILES string of the molecule is CC(=O)N1CCN(C(=O)c2ccc3c(=O)n4c(nc3c2)CCCCCC4)CC1. The van der Waals surface area contributed by atoms with Crippen LogP contribution in [0.2, 0.25) is 0 Å². The Bertz CT molecular complexity index is 974. The van der Waals surface area contributed by atoms with Crippen molar-refractivity contribution in [2.24, 2.45) is 0 Å². The molecular formula is C21H26N4O3. The highest BCUT2D eigenvalue weighted by atomic mass is 16.2. The number of benzene rings is 1. The van der Waals surface area contributed by atoms with Gasteiger partial charge in [0.25, 0.3) is 11.5 Å². The minimum absolute atomic E-state index is 0.00373. The molecule has 2 aliphatic heterocycles. The van der Waals surface area contributed by atoms with Gasteiger partial charge in [0.05, 0.1) is 10.9 Å². The summed E-state index contributed by atoms with van der Waals surface area (Å²) in [4.78, 5) is 45.5. The van der Waals surface area contributed by atoms with Gasteiger partial charge >= 0.3 is 0 Å². The van der Waals surface area contributed by atoms with E-state index in [4.69, 9.17) is 4.98 Å². The maximum Gasteiger partial charge on any atom is 0.261 e. The first-order valence-corrected chi connectivity index (χ1v) is 10.1. The highest BCUT2D eigenvalue weighted by Crippen LogP contribution is 2.18. The lowest BCUT2D eigenvalue weighted by Crippen LogP contribution is -2.50. The predicted molar refractivity (Wildman–Crippen MR) is 106 cm³/mol. The fourth-order valence-electron chi connectivity index (χ4n) is 4.14. The fraction of sp³-hybridized carbons (Fsp3) is 0.524. The van der Waals surface area contributed by atoms with E-state index in [1.807, 2.05) is 4.57 Å². The zero-order chi connectivity index (χ0) is 19.7. The van der Waals surface area contributed by atoms with Gasteiger partial charge in [-0.3, -0.25) is 19.0 Å². The minimum atomic E-state index is -0.0706. The summed E-state index contributed by atoms with van der Waals surface area (Å²) in [5.74, 6) is 0.801. The number of rotatable bonds is 1. The summed E-state index contributed by atoms with van der Waals surface area (Å²) >= 11 is 0. The topological polar surface area (TPSA) is 75.5 Å². The molecule has 0 N–H and O–H groups in total. The van der Waals surface area contributed by atoms with E-state index >= 15 is 0 Å². The molecule has 0 radical (unpaired) electrons. The molecule has 2 aromatic rings. The molecule has 0 bridgehead atoms. The number of aryl methyl sites for hydroxylation is 1. The molecule has 2 aliphatic rings. The molecule has 0 saturated carbocycles. The van der Waals surface area contributed by atoms with E-state index in [9.17, 15) is 14.4 Å². The van der Waals surface area contributed by atoms with Crippen molar-refractivity contribution in [2.45, 2.75) is 45.6 Å². The second kappa shape index (κ2) is 7.73. The van der Waals surface area contributed by atoms with Gasteiger partial charge in [-0.1, -0.05) is 12.8 Å². The van der Waals surface area contributed by atoms with Crippen molar-refractivity contribution < 1.29 is 9.59 Å². The Morgan fingerprint density at radius 1 is 0.929 bits per heavy atom. The first-order valence-electron chi connectivity index (χ1n) is 10.1. The van der Waals surface area contributed by atoms with Gasteiger partial charge in [-0.15, -0.1) is 0 Å². The first kappa shape index (κ1) is 18.7. The van der Waals surface area contributed by atoms with Crippen molar-refractivity contribution >= 4 is 22.7 Å². The quantitative estimate of drug-likeness (QED) is 0.754. The number of aromatic nitrogens is 2. The van der Waals surface area contributed by atoms with Crippen molar-refractivity contribution in [3.63, 3.8) is 0 Å². The predicted octanol–water partition coefficient (Wildman–Crippen LogP) is 1.82. The van der Waals surface area contributed by atoms with Crippen LogP contribution in [-0.4, -0.2) is 57.3 Å². The van der Waals surface area contributed by atoms with Gasteiger partial charge in [-0.25, -0.2) is 4.98 Å². The van der Waals surface area contributed by atoms with Gasteiger partial charge in [0.1, 0.15) is 5.82 Å². The summed E-state index contributed by atoms with van der Waals surface area (Å²) < 4.78 is 1.81. The highest BCUT2D eigenvalue weighted by molar-refractivity contribution is 5.97. The van der Waals surface area contributed by atoms with Gasteiger partial charge in [0.15, 0.2) is 0 Å². The number of nitrogens with zero attached hydrogens (tertiary/aromatic N) is 4. The van der Waals surface area contributed by atoms with E-state index in [1.165, 1.54) is 6.42 Å². The average molecular weight is 382 g/mol. The molecule has 7 heteroatoms. The van der Waals surface area contributed by atoms with Crippen LogP contribution in [-0.2, 0) is 17.8 Å². The van der Waals surface area contributed by atoms with E-state index < -0.39 is 0 Å². The third-order valence-corrected chi connectivity index (χ3v) is 5.83. The van der Waals surface area contributed by atoms with Crippen LogP contribution in [0, 0.1) is 0 Å². The van der Waals surface area contributed by atoms with Crippen LogP contribution in [0.4, 0.5) is 0 Å². The third-order valence-electron chi connectivity index (χ3n) is 5.83. The molecule has 0 atom stereocenters. The molecule has 0 unspecified atom stereocenters. The lowest BCUT2D eigenvalue weighted by atomic mass is 10.1. The van der Waals surface area contributed by atoms with Gasteiger partial charge in [0, 0.05) is 51.6 Å². The van der Waals surface area contributed by atoms with Crippen LogP contribution in [0.5, 0.6) is 0 Å². The highest BCUT2D eigenvalue weighted by Gasteiger charge is 2.24. The maximum absolute atomic E-state index is 12.9. The Kier molecular flexibility index (Phi) is 5.15. The molecule has 4 rings (SSSR count). The van der Waals surface area contributed by atoms with Crippen LogP contribution in [0.25, 0.3) is 10.9 Å². The maximum atomic E-state index is 12.9. The standard InChI is InChI=1S/C21H26N4O3/c1-15(26)23-10-12-24(13-11-23)20(27)16-7-8-17-18(14-16)22-19-6-4-2-3-5-9-25(19)21(17)28/h7-8,14H,2-6,9-13H2,1H3. The zero-order valence-electron chi connectivity index (χ0n) is 16.3. The molecular weight excluding hydrogens is 356 g/mol. The Morgan fingerprint density at radius 2 is 1.64 bits per heavy atom. The molecule has 148 valence electrons. The summed E-state index contributed by atoms with van der Waals surface area (Å²) in [5.41, 5.74) is 1.15. The van der Waals surface area contributed by atoms with Gasteiger partial charge in [-0.2, -0.15) is 0 Å². The molecule has 3 heterocycles. The Morgan fingerprint density at radius 3 is 2.39 bits per heavy atom. The number of amides is 2. The smallest absolute Gasteiger partial charge is 0.261 e. The van der Waals surface area contributed by atoms with Crippen molar-refractivity contribution in [1.29, 1.82) is 0 Å². The summed E-state index contributed by atoms with van der Waals surface area (Å²) in [5, 5.41) is 0.572. The van der Waals surface area contributed by atoms with E-state index in [-0.39, 0.29) is 17.4 Å². The Hall–Kier alpha value is -2.70. The summed E-state index contributed by atoms with van der Waals surface area (Å²) in [6.07, 6.45) is 5.16. The number of piperazine rings is 1. The Labute approximate surface area is 163 Å². The number of hydrogen-bond acceptors (Lipinski definition) is 4. The molecule has 2 amide bonds. The summed E-state index contributed by atoms with van der Waals surface area (Å²) in [6.45, 7) is 4.44. The first-order chi connectivity index (χ1) is 13.5. The molecule has 1 aromatic carbocycles. The van der Waals surface area contributed by atoms with Crippen LogP contribution < -0.4 is 5.56 Å². The van der Waals surface area contributed by atoms with Crippen molar-refractivity contribution in [1.82, 2.24) is 19.4 Å². The van der Waals surface area contributed by atoms with Crippen LogP contribution in [0.15, 0.2) is 23.0 Å². The third kappa shape index (κ3) is 3.53. The van der Waals surface area contributed by atoms with E-state index in [1.54, 1.807) is 34.9 Å². The van der Waals surface area contributed by atoms with Crippen molar-refractivity contribution in [3.8, 4) is 0 Å². The average Bonchev–Trinajstić information content (AvgIpc) is 2.68. The van der Waals surface area contributed by atoms with E-state index in [0.29, 0.717) is 42.6 Å². The Balaban J connectivity index is 1.62. The number of hydrogen-bond donors (Lipinski definition) is 0. The lowest BCUT2D eigenvalue weighted by molar-refractivity contribution is -0.130. The number of carbonyl (C=O) groups excluding carboxylic acids is 2. The largest absolute Gasteiger partial charge is 0.339 e. The normalized spacial score (nSPS) is 17.8. The monoisotopic (exact) mass is 382 g/mol. The van der Waals surface area contributed by atoms with Crippen LogP contribution in [0.3, 0.4) is 0 Å². The van der Waals surface area contributed by atoms with Crippen molar-refractivity contribution in [3.05, 3.63) is 39.9 Å². The second-order valence-electron chi connectivity index (χ2n) is 7.68. The van der Waals surface area contributed by atoms with Gasteiger partial charge in [-0.05, 0) is 31.0 Å². The van der Waals surface area contributed by atoms with Gasteiger partial charge < -0.3 is 9.80 Å². The molecule has 1 aromatic heterocycles. The minimum Gasteiger partial charge on any atom is -0.339 e. The summed E-state index contributed by atoms with van der Waals surface area (Å²) in [6, 6.07) is 5.20. The molecule has 0 spiro atoms. The number of fused-ring (bicyclic) bond motifs is 2. The lowest BCUT2D eigenvalue weighted by Gasteiger charge is -2.34. The second-order valence-corrected chi connectivity index (χ2v) is 7.68. The zero-order valence-corrected chi connectivity index (χ0v) is 16.3. The van der Waals surface area contributed by atoms with E-state index in [2.05, 4.69) is 0 Å².